The number of thiazole rings is 1. The van der Waals surface area contributed by atoms with Crippen LogP contribution in [0.25, 0.3) is 0 Å². The number of aliphatic imine (C=N–C) groups is 1. The molecule has 0 aliphatic heterocycles. The van der Waals surface area contributed by atoms with Gasteiger partial charge >= 0.3 is 0 Å². The van der Waals surface area contributed by atoms with E-state index in [0.29, 0.717) is 12.6 Å². The lowest BCUT2D eigenvalue weighted by Crippen LogP contribution is -2.39. The highest BCUT2D eigenvalue weighted by Crippen LogP contribution is 2.19. The second kappa shape index (κ2) is 12.9. The first-order chi connectivity index (χ1) is 11.3. The summed E-state index contributed by atoms with van der Waals surface area (Å²) in [6.07, 6.45) is 10.2. The van der Waals surface area contributed by atoms with Crippen molar-refractivity contribution in [3.05, 3.63) is 16.1 Å². The number of halogens is 1. The lowest BCUT2D eigenvalue weighted by atomic mass is 10.1. The van der Waals surface area contributed by atoms with Crippen molar-refractivity contribution < 1.29 is 4.74 Å². The molecule has 1 fully saturated rings. The van der Waals surface area contributed by atoms with Crippen LogP contribution in [-0.2, 0) is 11.3 Å². The summed E-state index contributed by atoms with van der Waals surface area (Å²) in [6.45, 7) is 7.15. The Bertz CT molecular complexity index is 473. The van der Waals surface area contributed by atoms with Crippen LogP contribution in [0.1, 0.15) is 55.3 Å². The molecule has 7 heteroatoms. The first kappa shape index (κ1) is 21.6. The van der Waals surface area contributed by atoms with Gasteiger partial charge in [0.1, 0.15) is 5.01 Å². The third-order valence-corrected chi connectivity index (χ3v) is 4.83. The molecule has 0 amide bonds. The van der Waals surface area contributed by atoms with E-state index in [0.717, 1.165) is 30.7 Å². The lowest BCUT2D eigenvalue weighted by Gasteiger charge is -2.16. The fourth-order valence-corrected chi connectivity index (χ4v) is 3.48. The number of ether oxygens (including phenoxy) is 1. The second-order valence-electron chi connectivity index (χ2n) is 5.97. The van der Waals surface area contributed by atoms with E-state index in [1.807, 2.05) is 6.20 Å². The average Bonchev–Trinajstić information content (AvgIpc) is 2.80. The van der Waals surface area contributed by atoms with Gasteiger partial charge in [-0.05, 0) is 26.7 Å². The van der Waals surface area contributed by atoms with E-state index < -0.39 is 0 Å². The minimum absolute atomic E-state index is 0. The number of hydrogen-bond acceptors (Lipinski definition) is 4. The molecular formula is C17H31IN4OS. The molecule has 1 aromatic heterocycles. The highest BCUT2D eigenvalue weighted by Gasteiger charge is 2.12. The molecule has 24 heavy (non-hydrogen) atoms. The number of nitrogens with one attached hydrogen (secondary N) is 2. The summed E-state index contributed by atoms with van der Waals surface area (Å²) in [5, 5.41) is 7.66. The fourth-order valence-electron chi connectivity index (χ4n) is 2.77. The summed E-state index contributed by atoms with van der Waals surface area (Å²) < 4.78 is 6.00. The van der Waals surface area contributed by atoms with Crippen LogP contribution < -0.4 is 10.6 Å². The van der Waals surface area contributed by atoms with Crippen molar-refractivity contribution in [2.24, 2.45) is 4.99 Å². The Morgan fingerprint density at radius 1 is 1.29 bits per heavy atom. The first-order valence-electron chi connectivity index (χ1n) is 8.83. The van der Waals surface area contributed by atoms with Crippen LogP contribution in [0, 0.1) is 6.92 Å². The molecule has 0 bridgehead atoms. The van der Waals surface area contributed by atoms with Gasteiger partial charge in [0.2, 0.25) is 0 Å². The van der Waals surface area contributed by atoms with Gasteiger partial charge < -0.3 is 15.4 Å². The third-order valence-electron chi connectivity index (χ3n) is 3.94. The summed E-state index contributed by atoms with van der Waals surface area (Å²) in [5.41, 5.74) is 0. The van der Waals surface area contributed by atoms with Crippen LogP contribution in [0.2, 0.25) is 0 Å². The third kappa shape index (κ3) is 8.62. The monoisotopic (exact) mass is 466 g/mol. The van der Waals surface area contributed by atoms with Gasteiger partial charge in [-0.3, -0.25) is 0 Å². The van der Waals surface area contributed by atoms with Crippen LogP contribution in [0.3, 0.4) is 0 Å². The van der Waals surface area contributed by atoms with Gasteiger partial charge in [-0.15, -0.1) is 35.3 Å². The minimum Gasteiger partial charge on any atom is -0.376 e. The summed E-state index contributed by atoms with van der Waals surface area (Å²) in [7, 11) is 0. The molecule has 138 valence electrons. The molecule has 0 spiro atoms. The van der Waals surface area contributed by atoms with Gasteiger partial charge in [-0.1, -0.05) is 25.7 Å². The molecule has 0 atom stereocenters. The zero-order chi connectivity index (χ0) is 16.3. The molecule has 1 saturated carbocycles. The SMILES string of the molecule is CCNC(=NCc1ncc(C)s1)NCCOC1CCCCCC1.I. The van der Waals surface area contributed by atoms with E-state index in [2.05, 4.69) is 34.5 Å². The minimum atomic E-state index is 0. The Labute approximate surface area is 167 Å². The van der Waals surface area contributed by atoms with Crippen molar-refractivity contribution in [2.75, 3.05) is 19.7 Å². The number of hydrogen-bond donors (Lipinski definition) is 2. The van der Waals surface area contributed by atoms with Gasteiger partial charge in [-0.25, -0.2) is 9.98 Å². The standard InChI is InChI=1S/C17H30N4OS.HI/c1-3-18-17(21-13-16-20-12-14(2)23-16)19-10-11-22-15-8-6-4-5-7-9-15;/h12,15H,3-11,13H2,1-2H3,(H2,18,19,21);1H. The molecule has 2 rings (SSSR count). The van der Waals surface area contributed by atoms with Gasteiger partial charge in [0.25, 0.3) is 0 Å². The fraction of sp³-hybridized carbons (Fsp3) is 0.765. The zero-order valence-electron chi connectivity index (χ0n) is 14.8. The quantitative estimate of drug-likeness (QED) is 0.211. The smallest absolute Gasteiger partial charge is 0.191 e. The summed E-state index contributed by atoms with van der Waals surface area (Å²) in [6, 6.07) is 0. The van der Waals surface area contributed by atoms with Crippen LogP contribution >= 0.6 is 35.3 Å². The molecule has 1 aromatic rings. The van der Waals surface area contributed by atoms with Crippen molar-refractivity contribution in [1.82, 2.24) is 15.6 Å². The predicted molar refractivity (Wildman–Crippen MR) is 113 cm³/mol. The molecule has 0 saturated heterocycles. The van der Waals surface area contributed by atoms with Gasteiger partial charge in [0.15, 0.2) is 5.96 Å². The molecule has 5 nitrogen and oxygen atoms in total. The van der Waals surface area contributed by atoms with Crippen LogP contribution in [0.5, 0.6) is 0 Å². The van der Waals surface area contributed by atoms with Crippen LogP contribution in [-0.4, -0.2) is 36.7 Å². The maximum Gasteiger partial charge on any atom is 0.191 e. The number of guanidine groups is 1. The topological polar surface area (TPSA) is 58.5 Å². The summed E-state index contributed by atoms with van der Waals surface area (Å²) in [4.78, 5) is 10.2. The molecule has 1 heterocycles. The van der Waals surface area contributed by atoms with E-state index in [1.54, 1.807) is 11.3 Å². The van der Waals surface area contributed by atoms with Crippen molar-refractivity contribution in [3.8, 4) is 0 Å². The van der Waals surface area contributed by atoms with Gasteiger partial charge in [0, 0.05) is 24.2 Å². The van der Waals surface area contributed by atoms with Gasteiger partial charge in [0.05, 0.1) is 19.3 Å². The Kier molecular flexibility index (Phi) is 11.6. The Morgan fingerprint density at radius 2 is 2.04 bits per heavy atom. The van der Waals surface area contributed by atoms with E-state index in [-0.39, 0.29) is 24.0 Å². The molecule has 1 aliphatic carbocycles. The maximum atomic E-state index is 6.00. The number of rotatable bonds is 7. The van der Waals surface area contributed by atoms with Crippen molar-refractivity contribution >= 4 is 41.3 Å². The molecule has 0 unspecified atom stereocenters. The van der Waals surface area contributed by atoms with E-state index in [9.17, 15) is 0 Å². The molecule has 1 aliphatic rings. The molecule has 0 aromatic carbocycles. The van der Waals surface area contributed by atoms with Crippen molar-refractivity contribution in [2.45, 2.75) is 65.0 Å². The number of aromatic nitrogens is 1. The largest absolute Gasteiger partial charge is 0.376 e. The highest BCUT2D eigenvalue weighted by molar-refractivity contribution is 14.0. The van der Waals surface area contributed by atoms with E-state index in [1.165, 1.54) is 43.4 Å². The van der Waals surface area contributed by atoms with Crippen molar-refractivity contribution in [3.63, 3.8) is 0 Å². The molecule has 0 radical (unpaired) electrons. The molecular weight excluding hydrogens is 435 g/mol. The number of nitrogens with zero attached hydrogens (tertiary/aromatic N) is 2. The van der Waals surface area contributed by atoms with E-state index in [4.69, 9.17) is 4.74 Å². The maximum absolute atomic E-state index is 6.00. The Balaban J connectivity index is 0.00000288. The number of aryl methyl sites for hydroxylation is 1. The van der Waals surface area contributed by atoms with Crippen LogP contribution in [0.4, 0.5) is 0 Å². The first-order valence-corrected chi connectivity index (χ1v) is 9.64. The highest BCUT2D eigenvalue weighted by atomic mass is 127. The summed E-state index contributed by atoms with van der Waals surface area (Å²) >= 11 is 1.70. The Hall–Kier alpha value is -0.410. The zero-order valence-corrected chi connectivity index (χ0v) is 18.0. The normalized spacial score (nSPS) is 16.3. The van der Waals surface area contributed by atoms with Gasteiger partial charge in [-0.2, -0.15) is 0 Å². The molecule has 2 N–H and O–H groups in total. The lowest BCUT2D eigenvalue weighted by molar-refractivity contribution is 0.0468. The summed E-state index contributed by atoms with van der Waals surface area (Å²) in [5.74, 6) is 0.838. The van der Waals surface area contributed by atoms with E-state index >= 15 is 0 Å². The average molecular weight is 466 g/mol. The second-order valence-corrected chi connectivity index (χ2v) is 7.29. The Morgan fingerprint density at radius 3 is 2.67 bits per heavy atom. The predicted octanol–water partition coefficient (Wildman–Crippen LogP) is 3.86. The van der Waals surface area contributed by atoms with Crippen molar-refractivity contribution in [1.29, 1.82) is 0 Å². The van der Waals surface area contributed by atoms with Crippen LogP contribution in [0.15, 0.2) is 11.2 Å².